The fourth-order valence-electron chi connectivity index (χ4n) is 3.49. The lowest BCUT2D eigenvalue weighted by Crippen LogP contribution is -2.19. The van der Waals surface area contributed by atoms with Gasteiger partial charge in [-0.25, -0.2) is 4.39 Å². The Labute approximate surface area is 105 Å². The van der Waals surface area contributed by atoms with Gasteiger partial charge in [0.05, 0.1) is 6.04 Å². The molecule has 3 heteroatoms. The minimum atomic E-state index is -0.231. The highest BCUT2D eigenvalue weighted by atomic mass is 19.1. The van der Waals surface area contributed by atoms with Crippen LogP contribution in [0.5, 0.6) is 0 Å². The SMILES string of the molecule is NC(c1cc2cc(F)ccc2o1)C1CC2CC2C1. The van der Waals surface area contributed by atoms with Gasteiger partial charge in [-0.1, -0.05) is 0 Å². The molecule has 0 saturated heterocycles. The zero-order valence-electron chi connectivity index (χ0n) is 10.1. The predicted octanol–water partition coefficient (Wildman–Crippen LogP) is 3.62. The number of benzene rings is 1. The molecule has 2 aromatic rings. The normalized spacial score (nSPS) is 31.6. The Hall–Kier alpha value is -1.35. The van der Waals surface area contributed by atoms with Crippen LogP contribution in [-0.2, 0) is 0 Å². The van der Waals surface area contributed by atoms with Gasteiger partial charge in [-0.3, -0.25) is 0 Å². The molecule has 3 atom stereocenters. The number of rotatable bonds is 2. The van der Waals surface area contributed by atoms with Gasteiger partial charge >= 0.3 is 0 Å². The van der Waals surface area contributed by atoms with Crippen molar-refractivity contribution in [2.45, 2.75) is 25.3 Å². The third kappa shape index (κ3) is 1.57. The van der Waals surface area contributed by atoms with Crippen molar-refractivity contribution in [2.75, 3.05) is 0 Å². The minimum absolute atomic E-state index is 0.0340. The molecule has 3 unspecified atom stereocenters. The first kappa shape index (κ1) is 10.6. The van der Waals surface area contributed by atoms with Crippen LogP contribution >= 0.6 is 0 Å². The van der Waals surface area contributed by atoms with Crippen molar-refractivity contribution >= 4 is 11.0 Å². The highest BCUT2D eigenvalue weighted by Gasteiger charge is 2.47. The van der Waals surface area contributed by atoms with Crippen LogP contribution < -0.4 is 5.73 Å². The van der Waals surface area contributed by atoms with Crippen LogP contribution in [0.25, 0.3) is 11.0 Å². The van der Waals surface area contributed by atoms with Crippen molar-refractivity contribution in [3.8, 4) is 0 Å². The molecular formula is C15H16FNO. The first-order valence-electron chi connectivity index (χ1n) is 6.65. The van der Waals surface area contributed by atoms with Crippen LogP contribution in [0.3, 0.4) is 0 Å². The molecule has 4 rings (SSSR count). The summed E-state index contributed by atoms with van der Waals surface area (Å²) in [4.78, 5) is 0. The molecule has 18 heavy (non-hydrogen) atoms. The summed E-state index contributed by atoms with van der Waals surface area (Å²) in [6.07, 6.45) is 3.86. The van der Waals surface area contributed by atoms with Gasteiger partial charge in [-0.15, -0.1) is 0 Å². The van der Waals surface area contributed by atoms with Gasteiger partial charge in [0, 0.05) is 5.39 Å². The monoisotopic (exact) mass is 245 g/mol. The first-order chi connectivity index (χ1) is 8.70. The lowest BCUT2D eigenvalue weighted by molar-refractivity contribution is 0.355. The van der Waals surface area contributed by atoms with Crippen LogP contribution in [0.2, 0.25) is 0 Å². The number of halogens is 1. The van der Waals surface area contributed by atoms with E-state index in [1.54, 1.807) is 6.07 Å². The van der Waals surface area contributed by atoms with Gasteiger partial charge in [-0.2, -0.15) is 0 Å². The minimum Gasteiger partial charge on any atom is -0.459 e. The molecule has 1 aromatic carbocycles. The van der Waals surface area contributed by atoms with Crippen molar-refractivity contribution in [2.24, 2.45) is 23.5 Å². The van der Waals surface area contributed by atoms with Crippen LogP contribution in [0.15, 0.2) is 28.7 Å². The summed E-state index contributed by atoms with van der Waals surface area (Å²) in [6, 6.07) is 6.46. The summed E-state index contributed by atoms with van der Waals surface area (Å²) in [6.45, 7) is 0. The Morgan fingerprint density at radius 2 is 1.94 bits per heavy atom. The van der Waals surface area contributed by atoms with E-state index in [9.17, 15) is 4.39 Å². The Morgan fingerprint density at radius 3 is 2.72 bits per heavy atom. The van der Waals surface area contributed by atoms with E-state index in [-0.39, 0.29) is 11.9 Å². The van der Waals surface area contributed by atoms with Gasteiger partial charge in [-0.05, 0) is 61.3 Å². The van der Waals surface area contributed by atoms with Gasteiger partial charge in [0.2, 0.25) is 0 Å². The predicted molar refractivity (Wildman–Crippen MR) is 67.4 cm³/mol. The molecule has 1 aromatic heterocycles. The van der Waals surface area contributed by atoms with Gasteiger partial charge < -0.3 is 10.2 Å². The summed E-state index contributed by atoms with van der Waals surface area (Å²) < 4.78 is 18.9. The van der Waals surface area contributed by atoms with Crippen molar-refractivity contribution in [3.05, 3.63) is 35.8 Å². The summed E-state index contributed by atoms with van der Waals surface area (Å²) in [5, 5.41) is 0.809. The van der Waals surface area contributed by atoms with Crippen LogP contribution in [0.1, 0.15) is 31.1 Å². The number of furan rings is 1. The lowest BCUT2D eigenvalue weighted by Gasteiger charge is -2.18. The van der Waals surface area contributed by atoms with E-state index in [0.717, 1.165) is 28.6 Å². The average Bonchev–Trinajstić information content (AvgIpc) is 2.81. The molecule has 0 aliphatic heterocycles. The van der Waals surface area contributed by atoms with E-state index in [2.05, 4.69) is 0 Å². The second-order valence-electron chi connectivity index (χ2n) is 5.84. The van der Waals surface area contributed by atoms with Gasteiger partial charge in [0.25, 0.3) is 0 Å². The van der Waals surface area contributed by atoms with Crippen LogP contribution in [0.4, 0.5) is 4.39 Å². The molecule has 2 aliphatic rings. The number of nitrogens with two attached hydrogens (primary N) is 1. The van der Waals surface area contributed by atoms with E-state index in [1.807, 2.05) is 6.07 Å². The van der Waals surface area contributed by atoms with Crippen molar-refractivity contribution in [1.29, 1.82) is 0 Å². The lowest BCUT2D eigenvalue weighted by atomic mass is 9.93. The van der Waals surface area contributed by atoms with E-state index < -0.39 is 0 Å². The molecule has 0 amide bonds. The maximum absolute atomic E-state index is 13.1. The average molecular weight is 245 g/mol. The summed E-state index contributed by atoms with van der Waals surface area (Å²) in [5.74, 6) is 2.96. The molecule has 0 radical (unpaired) electrons. The zero-order chi connectivity index (χ0) is 12.3. The molecule has 2 saturated carbocycles. The largest absolute Gasteiger partial charge is 0.459 e. The maximum Gasteiger partial charge on any atom is 0.134 e. The highest BCUT2D eigenvalue weighted by Crippen LogP contribution is 2.56. The number of fused-ring (bicyclic) bond motifs is 2. The van der Waals surface area contributed by atoms with E-state index in [1.165, 1.54) is 31.4 Å². The molecule has 2 nitrogen and oxygen atoms in total. The standard InChI is InChI=1S/C15H16FNO/c16-12-1-2-13-10(6-12)7-14(18-13)15(17)11-4-8-3-9(8)5-11/h1-2,6-9,11,15H,3-5,17H2. The Morgan fingerprint density at radius 1 is 1.17 bits per heavy atom. The van der Waals surface area contributed by atoms with Crippen molar-refractivity contribution < 1.29 is 8.81 Å². The Kier molecular flexibility index (Phi) is 2.10. The summed E-state index contributed by atoms with van der Waals surface area (Å²) in [5.41, 5.74) is 7.02. The second kappa shape index (κ2) is 3.58. The molecular weight excluding hydrogens is 229 g/mol. The fraction of sp³-hybridized carbons (Fsp3) is 0.467. The number of hydrogen-bond acceptors (Lipinski definition) is 2. The Bertz CT molecular complexity index is 596. The highest BCUT2D eigenvalue weighted by molar-refractivity contribution is 5.78. The molecule has 1 heterocycles. The smallest absolute Gasteiger partial charge is 0.134 e. The quantitative estimate of drug-likeness (QED) is 0.877. The fourth-order valence-corrected chi connectivity index (χ4v) is 3.49. The third-order valence-corrected chi connectivity index (χ3v) is 4.61. The van der Waals surface area contributed by atoms with Gasteiger partial charge in [0.15, 0.2) is 0 Å². The van der Waals surface area contributed by atoms with E-state index >= 15 is 0 Å². The molecule has 0 bridgehead atoms. The second-order valence-corrected chi connectivity index (χ2v) is 5.84. The topological polar surface area (TPSA) is 39.2 Å². The van der Waals surface area contributed by atoms with Gasteiger partial charge in [0.1, 0.15) is 17.2 Å². The summed E-state index contributed by atoms with van der Waals surface area (Å²) >= 11 is 0. The van der Waals surface area contributed by atoms with Crippen LogP contribution in [-0.4, -0.2) is 0 Å². The summed E-state index contributed by atoms with van der Waals surface area (Å²) in [7, 11) is 0. The van der Waals surface area contributed by atoms with E-state index in [0.29, 0.717) is 5.92 Å². The third-order valence-electron chi connectivity index (χ3n) is 4.61. The van der Waals surface area contributed by atoms with Crippen LogP contribution in [0, 0.1) is 23.6 Å². The van der Waals surface area contributed by atoms with Crippen molar-refractivity contribution in [3.63, 3.8) is 0 Å². The Balaban J connectivity index is 1.65. The molecule has 2 fully saturated rings. The van der Waals surface area contributed by atoms with Crippen molar-refractivity contribution in [1.82, 2.24) is 0 Å². The molecule has 0 spiro atoms. The molecule has 2 aliphatic carbocycles. The first-order valence-corrected chi connectivity index (χ1v) is 6.65. The molecule has 2 N–H and O–H groups in total. The zero-order valence-corrected chi connectivity index (χ0v) is 10.1. The van der Waals surface area contributed by atoms with E-state index in [4.69, 9.17) is 10.2 Å². The maximum atomic E-state index is 13.1. The molecule has 94 valence electrons. The number of hydrogen-bond donors (Lipinski definition) is 1.